The second kappa shape index (κ2) is 29.8. The fraction of sp³-hybridized carbons (Fsp3) is 1.00. The molecule has 0 bridgehead atoms. The molecule has 0 heterocycles. The lowest BCUT2D eigenvalue weighted by Gasteiger charge is -2.10. The van der Waals surface area contributed by atoms with Gasteiger partial charge in [-0.1, -0.05) is 85.0 Å². The third-order valence-electron chi connectivity index (χ3n) is 5.60. The van der Waals surface area contributed by atoms with E-state index in [1.807, 2.05) is 0 Å². The average molecular weight is 477 g/mol. The van der Waals surface area contributed by atoms with Crippen LogP contribution in [-0.2, 0) is 28.4 Å². The molecule has 0 aliphatic heterocycles. The van der Waals surface area contributed by atoms with Crippen molar-refractivity contribution in [2.45, 2.75) is 91.4 Å². The van der Waals surface area contributed by atoms with Crippen LogP contribution < -0.4 is 0 Å². The molecule has 6 heteroatoms. The van der Waals surface area contributed by atoms with Gasteiger partial charge in [0.15, 0.2) is 0 Å². The van der Waals surface area contributed by atoms with Crippen LogP contribution in [0.2, 0.25) is 0 Å². The minimum absolute atomic E-state index is 0.579. The standard InChI is InChI=1S/C27H56O6/c1-4-6-7-8-9-10-11-12-13-14-15-28-16-17-29-18-19-30-20-21-31-22-23-32-24-25-33-26-27(3)5-2/h27H,4-26H2,1-3H3. The third kappa shape index (κ3) is 29.7. The summed E-state index contributed by atoms with van der Waals surface area (Å²) >= 11 is 0. The van der Waals surface area contributed by atoms with Gasteiger partial charge in [-0.25, -0.2) is 0 Å². The maximum atomic E-state index is 5.63. The van der Waals surface area contributed by atoms with Gasteiger partial charge in [0.05, 0.1) is 66.1 Å². The Morgan fingerprint density at radius 2 is 0.727 bits per heavy atom. The van der Waals surface area contributed by atoms with Crippen molar-refractivity contribution < 1.29 is 28.4 Å². The highest BCUT2D eigenvalue weighted by Gasteiger charge is 1.98. The van der Waals surface area contributed by atoms with Gasteiger partial charge >= 0.3 is 0 Å². The van der Waals surface area contributed by atoms with Crippen LogP contribution in [0.25, 0.3) is 0 Å². The Hall–Kier alpha value is -0.240. The van der Waals surface area contributed by atoms with Crippen LogP contribution in [0.15, 0.2) is 0 Å². The molecule has 0 aromatic carbocycles. The zero-order chi connectivity index (χ0) is 24.1. The second-order valence-electron chi connectivity index (χ2n) is 8.83. The van der Waals surface area contributed by atoms with Crippen molar-refractivity contribution >= 4 is 0 Å². The molecule has 0 aliphatic carbocycles. The minimum atomic E-state index is 0.579. The average Bonchev–Trinajstić information content (AvgIpc) is 2.83. The Labute approximate surface area is 205 Å². The molecule has 0 aliphatic rings. The van der Waals surface area contributed by atoms with Crippen LogP contribution in [0, 0.1) is 5.92 Å². The molecule has 1 atom stereocenters. The van der Waals surface area contributed by atoms with Gasteiger partial charge in [0.2, 0.25) is 0 Å². The monoisotopic (exact) mass is 476 g/mol. The van der Waals surface area contributed by atoms with Crippen LogP contribution >= 0.6 is 0 Å². The van der Waals surface area contributed by atoms with Gasteiger partial charge in [-0.05, 0) is 12.3 Å². The van der Waals surface area contributed by atoms with E-state index in [2.05, 4.69) is 20.8 Å². The van der Waals surface area contributed by atoms with Crippen LogP contribution in [0.5, 0.6) is 0 Å². The number of unbranched alkanes of at least 4 members (excludes halogenated alkanes) is 9. The van der Waals surface area contributed by atoms with E-state index in [0.717, 1.165) is 26.1 Å². The molecule has 0 N–H and O–H groups in total. The Morgan fingerprint density at radius 1 is 0.394 bits per heavy atom. The molecule has 0 rings (SSSR count). The zero-order valence-electron chi connectivity index (χ0n) is 22.3. The van der Waals surface area contributed by atoms with Crippen molar-refractivity contribution in [1.29, 1.82) is 0 Å². The summed E-state index contributed by atoms with van der Waals surface area (Å²) in [5.41, 5.74) is 0. The summed E-state index contributed by atoms with van der Waals surface area (Å²) in [7, 11) is 0. The molecule has 0 aromatic rings. The van der Waals surface area contributed by atoms with Crippen LogP contribution in [0.4, 0.5) is 0 Å². The summed E-state index contributed by atoms with van der Waals surface area (Å²) in [6.07, 6.45) is 14.7. The summed E-state index contributed by atoms with van der Waals surface area (Å²) in [4.78, 5) is 0. The normalized spacial score (nSPS) is 12.5. The minimum Gasteiger partial charge on any atom is -0.379 e. The van der Waals surface area contributed by atoms with E-state index in [9.17, 15) is 0 Å². The lowest BCUT2D eigenvalue weighted by Crippen LogP contribution is -2.14. The van der Waals surface area contributed by atoms with Gasteiger partial charge in [0, 0.05) is 13.2 Å². The van der Waals surface area contributed by atoms with E-state index in [1.54, 1.807) is 0 Å². The third-order valence-corrected chi connectivity index (χ3v) is 5.60. The summed E-state index contributed by atoms with van der Waals surface area (Å²) in [5, 5.41) is 0. The molecule has 0 aromatic heterocycles. The van der Waals surface area contributed by atoms with Crippen LogP contribution in [0.1, 0.15) is 91.4 Å². The second-order valence-corrected chi connectivity index (χ2v) is 8.83. The molecule has 200 valence electrons. The molecule has 0 amide bonds. The maximum absolute atomic E-state index is 5.63. The summed E-state index contributed by atoms with van der Waals surface area (Å²) in [5.74, 6) is 0.617. The first-order valence-electron chi connectivity index (χ1n) is 13.8. The smallest absolute Gasteiger partial charge is 0.0701 e. The Kier molecular flexibility index (Phi) is 29.6. The number of rotatable bonds is 29. The molecule has 1 unspecified atom stereocenters. The molecular weight excluding hydrogens is 420 g/mol. The highest BCUT2D eigenvalue weighted by Crippen LogP contribution is 2.10. The summed E-state index contributed by atoms with van der Waals surface area (Å²) in [6.45, 7) is 14.4. The van der Waals surface area contributed by atoms with Crippen molar-refractivity contribution in [3.05, 3.63) is 0 Å². The van der Waals surface area contributed by atoms with Crippen molar-refractivity contribution in [3.8, 4) is 0 Å². The number of hydrogen-bond donors (Lipinski definition) is 0. The molecular formula is C27H56O6. The number of hydrogen-bond acceptors (Lipinski definition) is 6. The molecule has 0 saturated carbocycles. The SMILES string of the molecule is CCCCCCCCCCCCOCCOCCOCCOCCOCCOCC(C)CC. The predicted octanol–water partition coefficient (Wildman–Crippen LogP) is 6.05. The van der Waals surface area contributed by atoms with Gasteiger partial charge in [-0.3, -0.25) is 0 Å². The highest BCUT2D eigenvalue weighted by molar-refractivity contribution is 4.48. The van der Waals surface area contributed by atoms with E-state index < -0.39 is 0 Å². The Balaban J connectivity index is 3.01. The van der Waals surface area contributed by atoms with E-state index in [1.165, 1.54) is 57.8 Å². The van der Waals surface area contributed by atoms with Gasteiger partial charge < -0.3 is 28.4 Å². The van der Waals surface area contributed by atoms with E-state index in [0.29, 0.717) is 72.0 Å². The van der Waals surface area contributed by atoms with Gasteiger partial charge in [-0.15, -0.1) is 0 Å². The maximum Gasteiger partial charge on any atom is 0.0701 e. The summed E-state index contributed by atoms with van der Waals surface area (Å²) < 4.78 is 33.1. The first-order chi connectivity index (χ1) is 16.3. The van der Waals surface area contributed by atoms with E-state index in [4.69, 9.17) is 28.4 Å². The van der Waals surface area contributed by atoms with Crippen LogP contribution in [0.3, 0.4) is 0 Å². The molecule has 0 fully saturated rings. The molecule has 0 spiro atoms. The van der Waals surface area contributed by atoms with Crippen LogP contribution in [-0.4, -0.2) is 79.3 Å². The molecule has 0 saturated heterocycles. The predicted molar refractivity (Wildman–Crippen MR) is 136 cm³/mol. The van der Waals surface area contributed by atoms with E-state index in [-0.39, 0.29) is 0 Å². The Morgan fingerprint density at radius 3 is 1.12 bits per heavy atom. The zero-order valence-corrected chi connectivity index (χ0v) is 22.3. The molecule has 33 heavy (non-hydrogen) atoms. The lowest BCUT2D eigenvalue weighted by atomic mass is 10.1. The van der Waals surface area contributed by atoms with Gasteiger partial charge in [0.25, 0.3) is 0 Å². The first-order valence-corrected chi connectivity index (χ1v) is 13.8. The number of ether oxygens (including phenoxy) is 6. The molecule has 0 radical (unpaired) electrons. The highest BCUT2D eigenvalue weighted by atomic mass is 16.6. The lowest BCUT2D eigenvalue weighted by molar-refractivity contribution is -0.0182. The topological polar surface area (TPSA) is 55.4 Å². The quantitative estimate of drug-likeness (QED) is 0.122. The fourth-order valence-corrected chi connectivity index (χ4v) is 3.19. The van der Waals surface area contributed by atoms with Crippen molar-refractivity contribution in [1.82, 2.24) is 0 Å². The van der Waals surface area contributed by atoms with E-state index >= 15 is 0 Å². The van der Waals surface area contributed by atoms with Crippen molar-refractivity contribution in [2.75, 3.05) is 79.3 Å². The van der Waals surface area contributed by atoms with Crippen molar-refractivity contribution in [3.63, 3.8) is 0 Å². The summed E-state index contributed by atoms with van der Waals surface area (Å²) in [6, 6.07) is 0. The fourth-order valence-electron chi connectivity index (χ4n) is 3.19. The molecule has 6 nitrogen and oxygen atoms in total. The van der Waals surface area contributed by atoms with Crippen molar-refractivity contribution in [2.24, 2.45) is 5.92 Å². The van der Waals surface area contributed by atoms with Gasteiger partial charge in [0.1, 0.15) is 0 Å². The Bertz CT molecular complexity index is 343. The first kappa shape index (κ1) is 32.8. The van der Waals surface area contributed by atoms with Gasteiger partial charge in [-0.2, -0.15) is 0 Å². The largest absolute Gasteiger partial charge is 0.379 e.